The lowest BCUT2D eigenvalue weighted by molar-refractivity contribution is -0.385. The van der Waals surface area contributed by atoms with Crippen LogP contribution in [0, 0.1) is 16.0 Å². The van der Waals surface area contributed by atoms with Gasteiger partial charge in [-0.2, -0.15) is 0 Å². The number of phenolic OH excluding ortho intramolecular Hbond substituents is 1. The largest absolute Gasteiger partial charge is 0.502 e. The summed E-state index contributed by atoms with van der Waals surface area (Å²) in [7, 11) is 0. The fourth-order valence-corrected chi connectivity index (χ4v) is 1.48. The Labute approximate surface area is 94.0 Å². The molecule has 88 valence electrons. The van der Waals surface area contributed by atoms with Gasteiger partial charge >= 0.3 is 5.69 Å². The Morgan fingerprint density at radius 2 is 2.19 bits per heavy atom. The number of nitrogens with zero attached hydrogens (tertiary/aromatic N) is 1. The summed E-state index contributed by atoms with van der Waals surface area (Å²) in [4.78, 5) is 10.0. The van der Waals surface area contributed by atoms with E-state index in [1.54, 1.807) is 6.07 Å². The third-order valence-corrected chi connectivity index (χ3v) is 2.84. The van der Waals surface area contributed by atoms with Crippen molar-refractivity contribution in [1.29, 1.82) is 0 Å². The Balaban J connectivity index is 3.07. The van der Waals surface area contributed by atoms with Crippen molar-refractivity contribution in [3.63, 3.8) is 0 Å². The Kier molecular flexibility index (Phi) is 3.84. The second-order valence-corrected chi connectivity index (χ2v) is 3.92. The molecule has 0 aliphatic heterocycles. The lowest BCUT2D eigenvalue weighted by Crippen LogP contribution is -2.18. The molecule has 0 bridgehead atoms. The Bertz CT molecular complexity index is 393. The fourth-order valence-electron chi connectivity index (χ4n) is 1.48. The summed E-state index contributed by atoms with van der Waals surface area (Å²) >= 11 is 0. The van der Waals surface area contributed by atoms with Crippen molar-refractivity contribution < 1.29 is 10.0 Å². The van der Waals surface area contributed by atoms with Crippen molar-refractivity contribution in [1.82, 2.24) is 0 Å². The first-order valence-electron chi connectivity index (χ1n) is 5.20. The van der Waals surface area contributed by atoms with Gasteiger partial charge < -0.3 is 10.8 Å². The first-order valence-corrected chi connectivity index (χ1v) is 5.20. The van der Waals surface area contributed by atoms with Crippen LogP contribution in [-0.2, 0) is 0 Å². The normalized spacial score (nSPS) is 14.4. The molecule has 16 heavy (non-hydrogen) atoms. The standard InChI is InChI=1S/C11H16N2O3/c1-3-7(2)11(12)8-4-5-10(14)9(6-8)13(15)16/h4-7,11,14H,3,12H2,1-2H3/t7?,11-/m1/s1. The van der Waals surface area contributed by atoms with Gasteiger partial charge in [-0.3, -0.25) is 10.1 Å². The van der Waals surface area contributed by atoms with E-state index in [1.165, 1.54) is 12.1 Å². The molecule has 0 fully saturated rings. The lowest BCUT2D eigenvalue weighted by Gasteiger charge is -2.18. The number of nitro benzene ring substituents is 1. The highest BCUT2D eigenvalue weighted by Gasteiger charge is 2.19. The van der Waals surface area contributed by atoms with Crippen LogP contribution in [-0.4, -0.2) is 10.0 Å². The van der Waals surface area contributed by atoms with Crippen LogP contribution in [0.2, 0.25) is 0 Å². The van der Waals surface area contributed by atoms with Crippen LogP contribution < -0.4 is 5.73 Å². The predicted octanol–water partition coefficient (Wildman–Crippen LogP) is 2.35. The first-order chi connectivity index (χ1) is 7.47. The molecular weight excluding hydrogens is 208 g/mol. The number of nitrogens with two attached hydrogens (primary N) is 1. The van der Waals surface area contributed by atoms with E-state index in [2.05, 4.69) is 0 Å². The summed E-state index contributed by atoms with van der Waals surface area (Å²) in [5.41, 5.74) is 6.35. The molecule has 0 spiro atoms. The maximum Gasteiger partial charge on any atom is 0.311 e. The van der Waals surface area contributed by atoms with Crippen molar-refractivity contribution in [2.45, 2.75) is 26.3 Å². The number of benzene rings is 1. The second kappa shape index (κ2) is 4.94. The molecule has 5 nitrogen and oxygen atoms in total. The van der Waals surface area contributed by atoms with Crippen molar-refractivity contribution >= 4 is 5.69 Å². The van der Waals surface area contributed by atoms with Gasteiger partial charge in [0.25, 0.3) is 0 Å². The van der Waals surface area contributed by atoms with Crippen molar-refractivity contribution in [2.75, 3.05) is 0 Å². The molecule has 1 aromatic carbocycles. The van der Waals surface area contributed by atoms with Gasteiger partial charge in [0.2, 0.25) is 0 Å². The van der Waals surface area contributed by atoms with Crippen LogP contribution in [0.25, 0.3) is 0 Å². The molecule has 1 rings (SSSR count). The zero-order valence-corrected chi connectivity index (χ0v) is 9.38. The molecule has 0 saturated carbocycles. The van der Waals surface area contributed by atoms with Gasteiger partial charge in [-0.25, -0.2) is 0 Å². The number of hydrogen-bond donors (Lipinski definition) is 2. The third kappa shape index (κ3) is 2.49. The van der Waals surface area contributed by atoms with Crippen molar-refractivity contribution in [3.05, 3.63) is 33.9 Å². The molecule has 0 aliphatic rings. The molecule has 3 N–H and O–H groups in total. The molecule has 0 aliphatic carbocycles. The summed E-state index contributed by atoms with van der Waals surface area (Å²) in [6, 6.07) is 4.03. The molecular formula is C11H16N2O3. The van der Waals surface area contributed by atoms with Gasteiger partial charge in [-0.1, -0.05) is 26.3 Å². The zero-order chi connectivity index (χ0) is 12.3. The minimum Gasteiger partial charge on any atom is -0.502 e. The van der Waals surface area contributed by atoms with Gasteiger partial charge in [0.1, 0.15) is 0 Å². The van der Waals surface area contributed by atoms with Gasteiger partial charge in [0.05, 0.1) is 4.92 Å². The third-order valence-electron chi connectivity index (χ3n) is 2.84. The van der Waals surface area contributed by atoms with E-state index in [9.17, 15) is 15.2 Å². The smallest absolute Gasteiger partial charge is 0.311 e. The topological polar surface area (TPSA) is 89.4 Å². The number of aromatic hydroxyl groups is 1. The molecule has 5 heteroatoms. The van der Waals surface area contributed by atoms with Crippen LogP contribution in [0.4, 0.5) is 5.69 Å². The minimum atomic E-state index is -0.609. The molecule has 1 aromatic rings. The molecule has 0 saturated heterocycles. The number of hydrogen-bond acceptors (Lipinski definition) is 4. The summed E-state index contributed by atoms with van der Waals surface area (Å²) in [6.45, 7) is 4.00. The number of rotatable bonds is 4. The summed E-state index contributed by atoms with van der Waals surface area (Å²) in [5, 5.41) is 19.9. The monoisotopic (exact) mass is 224 g/mol. The Hall–Kier alpha value is -1.62. The van der Waals surface area contributed by atoms with E-state index in [4.69, 9.17) is 5.73 Å². The summed E-state index contributed by atoms with van der Waals surface area (Å²) < 4.78 is 0. The van der Waals surface area contributed by atoms with Crippen LogP contribution in [0.3, 0.4) is 0 Å². The van der Waals surface area contributed by atoms with E-state index in [0.717, 1.165) is 6.42 Å². The highest BCUT2D eigenvalue weighted by molar-refractivity contribution is 5.48. The van der Waals surface area contributed by atoms with E-state index in [0.29, 0.717) is 5.56 Å². The van der Waals surface area contributed by atoms with E-state index in [1.807, 2.05) is 13.8 Å². The van der Waals surface area contributed by atoms with Gasteiger partial charge in [-0.15, -0.1) is 0 Å². The van der Waals surface area contributed by atoms with Crippen LogP contribution in [0.15, 0.2) is 18.2 Å². The molecule has 2 atom stereocenters. The Morgan fingerprint density at radius 3 is 2.69 bits per heavy atom. The first kappa shape index (κ1) is 12.4. The quantitative estimate of drug-likeness (QED) is 0.606. The maximum atomic E-state index is 10.6. The summed E-state index contributed by atoms with van der Waals surface area (Å²) in [6.07, 6.45) is 0.899. The number of phenols is 1. The fraction of sp³-hybridized carbons (Fsp3) is 0.455. The zero-order valence-electron chi connectivity index (χ0n) is 9.38. The minimum absolute atomic E-state index is 0.240. The average molecular weight is 224 g/mol. The van der Waals surface area contributed by atoms with E-state index >= 15 is 0 Å². The Morgan fingerprint density at radius 1 is 1.56 bits per heavy atom. The highest BCUT2D eigenvalue weighted by Crippen LogP contribution is 2.30. The lowest BCUT2D eigenvalue weighted by atomic mass is 9.93. The van der Waals surface area contributed by atoms with Gasteiger partial charge in [-0.05, 0) is 17.5 Å². The molecule has 0 radical (unpaired) electrons. The van der Waals surface area contributed by atoms with Crippen LogP contribution >= 0.6 is 0 Å². The van der Waals surface area contributed by atoms with Crippen molar-refractivity contribution in [2.24, 2.45) is 11.7 Å². The van der Waals surface area contributed by atoms with Gasteiger partial charge in [0, 0.05) is 12.1 Å². The molecule has 0 heterocycles. The summed E-state index contributed by atoms with van der Waals surface area (Å²) in [5.74, 6) is -0.0887. The van der Waals surface area contributed by atoms with Gasteiger partial charge in [0.15, 0.2) is 5.75 Å². The predicted molar refractivity (Wildman–Crippen MR) is 61.1 cm³/mol. The van der Waals surface area contributed by atoms with E-state index < -0.39 is 4.92 Å². The number of nitro groups is 1. The van der Waals surface area contributed by atoms with E-state index in [-0.39, 0.29) is 23.4 Å². The average Bonchev–Trinajstić information content (AvgIpc) is 2.27. The molecule has 1 unspecified atom stereocenters. The SMILES string of the molecule is CCC(C)[C@@H](N)c1ccc(O)c([N+](=O)[O-])c1. The maximum absolute atomic E-state index is 10.6. The van der Waals surface area contributed by atoms with Crippen LogP contribution in [0.1, 0.15) is 31.9 Å². The second-order valence-electron chi connectivity index (χ2n) is 3.92. The van der Waals surface area contributed by atoms with Crippen LogP contribution in [0.5, 0.6) is 5.75 Å². The van der Waals surface area contributed by atoms with Crippen molar-refractivity contribution in [3.8, 4) is 5.75 Å². The highest BCUT2D eigenvalue weighted by atomic mass is 16.6. The molecule has 0 aromatic heterocycles. The molecule has 0 amide bonds.